The van der Waals surface area contributed by atoms with E-state index in [1.165, 1.54) is 6.07 Å². The van der Waals surface area contributed by atoms with E-state index in [2.05, 4.69) is 10.4 Å². The Hall–Kier alpha value is -2.38. The Bertz CT molecular complexity index is 912. The number of carbonyl (C=O) groups is 1. The van der Waals surface area contributed by atoms with E-state index in [0.29, 0.717) is 17.1 Å². The second-order valence-electron chi connectivity index (χ2n) is 7.87. The number of benzene rings is 1. The minimum Gasteiger partial charge on any atom is -0.309 e. The zero-order valence-electron chi connectivity index (χ0n) is 15.4. The standard InChI is InChI=1S/C20H21F4N3O/c1-27-18(13-5-6-14(21)15(22)8-13)17(12-3-2-4-12)19(26-27)25-16(28)7-11-9-20(23,24)10-11/h5-6,8,11-12H,2-4,7,9-10H2,1H3,(H,25,26,28). The normalized spacial score (nSPS) is 19.2. The SMILES string of the molecule is Cn1nc(NC(=O)CC2CC(F)(F)C2)c(C2CCC2)c1-c1ccc(F)c(F)c1. The molecule has 0 aliphatic heterocycles. The molecule has 0 unspecified atom stereocenters. The Kier molecular flexibility index (Phi) is 4.67. The number of nitrogens with one attached hydrogen (secondary N) is 1. The molecule has 1 amide bonds. The largest absolute Gasteiger partial charge is 0.309 e. The highest BCUT2D eigenvalue weighted by molar-refractivity contribution is 5.92. The lowest BCUT2D eigenvalue weighted by atomic mass is 9.78. The van der Waals surface area contributed by atoms with E-state index in [1.807, 2.05) is 0 Å². The number of amides is 1. The molecule has 8 heteroatoms. The molecule has 0 bridgehead atoms. The van der Waals surface area contributed by atoms with Crippen LogP contribution in [0, 0.1) is 17.6 Å². The Morgan fingerprint density at radius 1 is 1.25 bits per heavy atom. The molecule has 0 spiro atoms. The van der Waals surface area contributed by atoms with E-state index in [4.69, 9.17) is 0 Å². The third-order valence-electron chi connectivity index (χ3n) is 5.70. The highest BCUT2D eigenvalue weighted by atomic mass is 19.3. The summed E-state index contributed by atoms with van der Waals surface area (Å²) in [4.78, 5) is 12.3. The summed E-state index contributed by atoms with van der Waals surface area (Å²) in [7, 11) is 1.68. The summed E-state index contributed by atoms with van der Waals surface area (Å²) in [5.41, 5.74) is 1.91. The summed E-state index contributed by atoms with van der Waals surface area (Å²) in [6, 6.07) is 3.67. The average molecular weight is 395 g/mol. The van der Waals surface area contributed by atoms with Crippen LogP contribution in [0.15, 0.2) is 18.2 Å². The molecule has 0 atom stereocenters. The number of halogens is 4. The molecule has 0 radical (unpaired) electrons. The first-order chi connectivity index (χ1) is 13.2. The molecule has 0 saturated heterocycles. The van der Waals surface area contributed by atoms with E-state index in [9.17, 15) is 22.4 Å². The lowest BCUT2D eigenvalue weighted by Crippen LogP contribution is -2.37. The maximum atomic E-state index is 13.8. The summed E-state index contributed by atoms with van der Waals surface area (Å²) < 4.78 is 54.6. The molecule has 1 aromatic heterocycles. The van der Waals surface area contributed by atoms with Crippen molar-refractivity contribution in [3.63, 3.8) is 0 Å². The first kappa shape index (κ1) is 19.0. The van der Waals surface area contributed by atoms with Crippen LogP contribution in [-0.4, -0.2) is 21.6 Å². The van der Waals surface area contributed by atoms with Crippen LogP contribution < -0.4 is 5.32 Å². The van der Waals surface area contributed by atoms with Gasteiger partial charge in [0, 0.05) is 37.4 Å². The van der Waals surface area contributed by atoms with Crippen LogP contribution in [-0.2, 0) is 11.8 Å². The van der Waals surface area contributed by atoms with Crippen LogP contribution in [0.4, 0.5) is 23.4 Å². The van der Waals surface area contributed by atoms with Gasteiger partial charge in [0.15, 0.2) is 17.5 Å². The van der Waals surface area contributed by atoms with Gasteiger partial charge in [-0.2, -0.15) is 5.10 Å². The van der Waals surface area contributed by atoms with Crippen molar-refractivity contribution in [2.24, 2.45) is 13.0 Å². The molecule has 4 nitrogen and oxygen atoms in total. The van der Waals surface area contributed by atoms with Gasteiger partial charge in [-0.15, -0.1) is 0 Å². The van der Waals surface area contributed by atoms with Crippen molar-refractivity contribution in [2.75, 3.05) is 5.32 Å². The molecule has 4 rings (SSSR count). The topological polar surface area (TPSA) is 46.9 Å². The summed E-state index contributed by atoms with van der Waals surface area (Å²) in [5.74, 6) is -4.67. The van der Waals surface area contributed by atoms with E-state index in [-0.39, 0.29) is 37.0 Å². The number of aromatic nitrogens is 2. The molecule has 2 fully saturated rings. The predicted molar refractivity (Wildman–Crippen MR) is 96.1 cm³/mol. The number of aryl methyl sites for hydroxylation is 1. The summed E-state index contributed by atoms with van der Waals surface area (Å²) in [5, 5.41) is 7.14. The van der Waals surface area contributed by atoms with Gasteiger partial charge >= 0.3 is 0 Å². The Morgan fingerprint density at radius 3 is 2.54 bits per heavy atom. The minimum absolute atomic E-state index is 0.0246. The molecular formula is C20H21F4N3O. The van der Waals surface area contributed by atoms with Crippen LogP contribution in [0.1, 0.15) is 50.0 Å². The monoisotopic (exact) mass is 395 g/mol. The Labute approximate surface area is 159 Å². The Morgan fingerprint density at radius 2 is 1.96 bits per heavy atom. The van der Waals surface area contributed by atoms with Crippen molar-refractivity contribution in [3.8, 4) is 11.3 Å². The lowest BCUT2D eigenvalue weighted by Gasteiger charge is -2.34. The predicted octanol–water partition coefficient (Wildman–Crippen LogP) is 5.01. The highest BCUT2D eigenvalue weighted by Gasteiger charge is 2.45. The van der Waals surface area contributed by atoms with Crippen molar-refractivity contribution >= 4 is 11.7 Å². The fraction of sp³-hybridized carbons (Fsp3) is 0.500. The average Bonchev–Trinajstić information content (AvgIpc) is 2.83. The van der Waals surface area contributed by atoms with Gasteiger partial charge in [-0.3, -0.25) is 9.48 Å². The van der Waals surface area contributed by atoms with Crippen LogP contribution in [0.3, 0.4) is 0 Å². The van der Waals surface area contributed by atoms with Gasteiger partial charge in [-0.1, -0.05) is 6.42 Å². The van der Waals surface area contributed by atoms with Crippen molar-refractivity contribution in [3.05, 3.63) is 35.4 Å². The maximum Gasteiger partial charge on any atom is 0.248 e. The van der Waals surface area contributed by atoms with E-state index in [1.54, 1.807) is 11.7 Å². The van der Waals surface area contributed by atoms with Crippen molar-refractivity contribution in [2.45, 2.75) is 50.4 Å². The number of hydrogen-bond acceptors (Lipinski definition) is 2. The second-order valence-corrected chi connectivity index (χ2v) is 7.87. The van der Waals surface area contributed by atoms with Gasteiger partial charge in [-0.25, -0.2) is 17.6 Å². The van der Waals surface area contributed by atoms with Crippen molar-refractivity contribution in [1.82, 2.24) is 9.78 Å². The molecule has 2 aromatic rings. The molecule has 2 saturated carbocycles. The number of alkyl halides is 2. The van der Waals surface area contributed by atoms with Crippen LogP contribution in [0.5, 0.6) is 0 Å². The molecule has 1 heterocycles. The first-order valence-electron chi connectivity index (χ1n) is 9.43. The number of carbonyl (C=O) groups excluding carboxylic acids is 1. The molecule has 150 valence electrons. The molecule has 28 heavy (non-hydrogen) atoms. The van der Waals surface area contributed by atoms with Gasteiger partial charge in [-0.05, 0) is 42.9 Å². The van der Waals surface area contributed by atoms with Crippen LogP contribution in [0.2, 0.25) is 0 Å². The third kappa shape index (κ3) is 3.52. The maximum absolute atomic E-state index is 13.8. The second kappa shape index (κ2) is 6.90. The van der Waals surface area contributed by atoms with Crippen molar-refractivity contribution in [1.29, 1.82) is 0 Å². The van der Waals surface area contributed by atoms with Gasteiger partial charge in [0.25, 0.3) is 0 Å². The number of anilines is 1. The fourth-order valence-corrected chi connectivity index (χ4v) is 4.08. The van der Waals surface area contributed by atoms with E-state index < -0.39 is 17.6 Å². The first-order valence-corrected chi connectivity index (χ1v) is 9.43. The summed E-state index contributed by atoms with van der Waals surface area (Å²) >= 11 is 0. The van der Waals surface area contributed by atoms with Gasteiger partial charge in [0.1, 0.15) is 0 Å². The van der Waals surface area contributed by atoms with Gasteiger partial charge < -0.3 is 5.32 Å². The van der Waals surface area contributed by atoms with Crippen LogP contribution >= 0.6 is 0 Å². The summed E-state index contributed by atoms with van der Waals surface area (Å²) in [6.45, 7) is 0. The fourth-order valence-electron chi connectivity index (χ4n) is 4.08. The summed E-state index contributed by atoms with van der Waals surface area (Å²) in [6.07, 6.45) is 2.37. The van der Waals surface area contributed by atoms with E-state index in [0.717, 1.165) is 37.0 Å². The zero-order valence-corrected chi connectivity index (χ0v) is 15.4. The molecular weight excluding hydrogens is 374 g/mol. The molecule has 2 aliphatic rings. The molecule has 1 aromatic carbocycles. The molecule has 1 N–H and O–H groups in total. The van der Waals surface area contributed by atoms with Crippen LogP contribution in [0.25, 0.3) is 11.3 Å². The number of nitrogens with zero attached hydrogens (tertiary/aromatic N) is 2. The lowest BCUT2D eigenvalue weighted by molar-refractivity contribution is -0.129. The Balaban J connectivity index is 1.61. The quantitative estimate of drug-likeness (QED) is 0.724. The zero-order chi connectivity index (χ0) is 20.1. The smallest absolute Gasteiger partial charge is 0.248 e. The van der Waals surface area contributed by atoms with Gasteiger partial charge in [0.2, 0.25) is 11.8 Å². The number of rotatable bonds is 5. The number of hydrogen-bond donors (Lipinski definition) is 1. The van der Waals surface area contributed by atoms with E-state index >= 15 is 0 Å². The minimum atomic E-state index is -2.66. The van der Waals surface area contributed by atoms with Gasteiger partial charge in [0.05, 0.1) is 5.69 Å². The third-order valence-corrected chi connectivity index (χ3v) is 5.70. The molecule has 2 aliphatic carbocycles. The highest BCUT2D eigenvalue weighted by Crippen LogP contribution is 2.46. The van der Waals surface area contributed by atoms with Crippen molar-refractivity contribution < 1.29 is 22.4 Å².